The van der Waals surface area contributed by atoms with Gasteiger partial charge in [-0.1, -0.05) is 0 Å². The van der Waals surface area contributed by atoms with E-state index >= 15 is 0 Å². The van der Waals surface area contributed by atoms with E-state index in [1.165, 1.54) is 7.05 Å². The zero-order valence-electron chi connectivity index (χ0n) is 13.8. The van der Waals surface area contributed by atoms with Crippen molar-refractivity contribution in [2.75, 3.05) is 19.4 Å². The molecule has 1 amide bonds. The maximum Gasteiger partial charge on any atom is 0.341 e. The Bertz CT molecular complexity index is 709. The number of amides is 1. The van der Waals surface area contributed by atoms with Crippen LogP contribution in [-0.4, -0.2) is 25.5 Å². The lowest BCUT2D eigenvalue weighted by molar-refractivity contribution is 0.0526. The fourth-order valence-corrected chi connectivity index (χ4v) is 3.29. The van der Waals surface area contributed by atoms with Crippen LogP contribution in [0.15, 0.2) is 22.8 Å². The van der Waals surface area contributed by atoms with E-state index in [2.05, 4.69) is 10.6 Å². The lowest BCUT2D eigenvalue weighted by Gasteiger charge is -2.13. The van der Waals surface area contributed by atoms with Crippen LogP contribution < -0.4 is 16.4 Å². The van der Waals surface area contributed by atoms with Crippen LogP contribution in [0.3, 0.4) is 0 Å². The summed E-state index contributed by atoms with van der Waals surface area (Å²) in [6.07, 6.45) is 1.59. The van der Waals surface area contributed by atoms with Gasteiger partial charge in [0.25, 0.3) is 5.91 Å². The third kappa shape index (κ3) is 3.77. The topological polar surface area (TPSA) is 107 Å². The number of anilines is 1. The minimum atomic E-state index is -0.524. The molecule has 2 aromatic heterocycles. The highest BCUT2D eigenvalue weighted by Crippen LogP contribution is 2.32. The summed E-state index contributed by atoms with van der Waals surface area (Å²) < 4.78 is 10.4. The molecular weight excluding hydrogens is 330 g/mol. The van der Waals surface area contributed by atoms with E-state index in [0.717, 1.165) is 17.1 Å². The lowest BCUT2D eigenvalue weighted by atomic mass is 10.1. The SMILES string of the molecule is CCOC(=O)c1c(N)sc(C(=O)NC)c1CN[C@@H](C)c1ccco1. The number of rotatable bonds is 7. The molecule has 1 atom stereocenters. The Kier molecular flexibility index (Phi) is 5.99. The highest BCUT2D eigenvalue weighted by molar-refractivity contribution is 7.18. The number of esters is 1. The maximum absolute atomic E-state index is 12.2. The predicted octanol–water partition coefficient (Wildman–Crippen LogP) is 2.31. The van der Waals surface area contributed by atoms with Gasteiger partial charge in [-0.25, -0.2) is 4.79 Å². The largest absolute Gasteiger partial charge is 0.468 e. The molecule has 0 fully saturated rings. The number of thiophene rings is 1. The number of carbonyl (C=O) groups is 2. The highest BCUT2D eigenvalue weighted by atomic mass is 32.1. The molecule has 0 spiro atoms. The summed E-state index contributed by atoms with van der Waals surface area (Å²) in [6, 6.07) is 3.57. The second-order valence-corrected chi connectivity index (χ2v) is 6.12. The lowest BCUT2D eigenvalue weighted by Crippen LogP contribution is -2.23. The number of carbonyl (C=O) groups excluding carboxylic acids is 2. The van der Waals surface area contributed by atoms with Gasteiger partial charge in [-0.2, -0.15) is 0 Å². The van der Waals surface area contributed by atoms with E-state index in [1.807, 2.05) is 13.0 Å². The van der Waals surface area contributed by atoms with Gasteiger partial charge in [0.1, 0.15) is 10.8 Å². The van der Waals surface area contributed by atoms with Crippen LogP contribution in [0.1, 0.15) is 51.2 Å². The average molecular weight is 351 g/mol. The van der Waals surface area contributed by atoms with E-state index in [-0.39, 0.29) is 35.7 Å². The van der Waals surface area contributed by atoms with E-state index in [0.29, 0.717) is 10.4 Å². The molecule has 0 saturated carbocycles. The Balaban J connectivity index is 2.30. The predicted molar refractivity (Wildman–Crippen MR) is 92.0 cm³/mol. The molecule has 7 nitrogen and oxygen atoms in total. The number of ether oxygens (including phenoxy) is 1. The van der Waals surface area contributed by atoms with E-state index < -0.39 is 5.97 Å². The van der Waals surface area contributed by atoms with Crippen LogP contribution in [0.5, 0.6) is 0 Å². The number of hydrogen-bond donors (Lipinski definition) is 3. The minimum Gasteiger partial charge on any atom is -0.468 e. The first-order chi connectivity index (χ1) is 11.5. The molecule has 0 unspecified atom stereocenters. The van der Waals surface area contributed by atoms with Crippen molar-refractivity contribution in [3.63, 3.8) is 0 Å². The summed E-state index contributed by atoms with van der Waals surface area (Å²) in [6.45, 7) is 4.17. The summed E-state index contributed by atoms with van der Waals surface area (Å²) >= 11 is 1.08. The molecule has 2 aromatic rings. The third-order valence-electron chi connectivity index (χ3n) is 3.50. The van der Waals surface area contributed by atoms with Gasteiger partial charge in [0.15, 0.2) is 0 Å². The Morgan fingerprint density at radius 2 is 2.21 bits per heavy atom. The molecule has 0 bridgehead atoms. The fourth-order valence-electron chi connectivity index (χ4n) is 2.27. The first-order valence-corrected chi connectivity index (χ1v) is 8.38. The molecule has 2 rings (SSSR count). The second-order valence-electron chi connectivity index (χ2n) is 5.07. The minimum absolute atomic E-state index is 0.0892. The van der Waals surface area contributed by atoms with Crippen molar-refractivity contribution in [2.24, 2.45) is 0 Å². The van der Waals surface area contributed by atoms with Gasteiger partial charge in [0, 0.05) is 19.2 Å². The van der Waals surface area contributed by atoms with Crippen molar-refractivity contribution < 1.29 is 18.7 Å². The van der Waals surface area contributed by atoms with E-state index in [9.17, 15) is 9.59 Å². The molecule has 2 heterocycles. The van der Waals surface area contributed by atoms with E-state index in [1.54, 1.807) is 19.3 Å². The number of nitrogens with two attached hydrogens (primary N) is 1. The van der Waals surface area contributed by atoms with Gasteiger partial charge in [0.2, 0.25) is 0 Å². The fraction of sp³-hybridized carbons (Fsp3) is 0.375. The smallest absolute Gasteiger partial charge is 0.341 e. The molecule has 24 heavy (non-hydrogen) atoms. The Labute approximate surface area is 144 Å². The van der Waals surface area contributed by atoms with Gasteiger partial charge in [-0.05, 0) is 26.0 Å². The molecule has 0 saturated heterocycles. The molecule has 130 valence electrons. The van der Waals surface area contributed by atoms with Gasteiger partial charge in [-0.15, -0.1) is 11.3 Å². The number of hydrogen-bond acceptors (Lipinski definition) is 7. The van der Waals surface area contributed by atoms with Crippen molar-refractivity contribution in [3.05, 3.63) is 40.2 Å². The number of nitrogens with one attached hydrogen (secondary N) is 2. The van der Waals surface area contributed by atoms with Crippen LogP contribution in [0.2, 0.25) is 0 Å². The second kappa shape index (κ2) is 7.98. The van der Waals surface area contributed by atoms with Crippen molar-refractivity contribution >= 4 is 28.2 Å². The quantitative estimate of drug-likeness (QED) is 0.661. The monoisotopic (exact) mass is 351 g/mol. The number of furan rings is 1. The summed E-state index contributed by atoms with van der Waals surface area (Å²) in [5.41, 5.74) is 6.74. The zero-order valence-corrected chi connectivity index (χ0v) is 14.7. The van der Waals surface area contributed by atoms with Crippen molar-refractivity contribution in [3.8, 4) is 0 Å². The first kappa shape index (κ1) is 18.0. The maximum atomic E-state index is 12.2. The Morgan fingerprint density at radius 1 is 1.46 bits per heavy atom. The Hall–Kier alpha value is -2.32. The molecule has 4 N–H and O–H groups in total. The molecule has 0 aromatic carbocycles. The van der Waals surface area contributed by atoms with Crippen LogP contribution in [0.25, 0.3) is 0 Å². The van der Waals surface area contributed by atoms with E-state index in [4.69, 9.17) is 14.9 Å². The molecular formula is C16H21N3O4S. The molecule has 8 heteroatoms. The third-order valence-corrected chi connectivity index (χ3v) is 4.56. The summed E-state index contributed by atoms with van der Waals surface area (Å²) in [7, 11) is 1.53. The normalized spacial score (nSPS) is 12.0. The molecule has 0 aliphatic rings. The van der Waals surface area contributed by atoms with Crippen molar-refractivity contribution in [1.29, 1.82) is 0 Å². The van der Waals surface area contributed by atoms with Gasteiger partial charge in [0.05, 0.1) is 29.4 Å². The zero-order chi connectivity index (χ0) is 17.7. The molecule has 0 aliphatic heterocycles. The van der Waals surface area contributed by atoms with Gasteiger partial charge < -0.3 is 25.5 Å². The standard InChI is InChI=1S/C16H21N3O4S/c1-4-22-16(21)12-10(13(15(20)18-3)24-14(12)17)8-19-9(2)11-6-5-7-23-11/h5-7,9,19H,4,8,17H2,1-3H3,(H,18,20)/t9-/m0/s1. The van der Waals surface area contributed by atoms with Crippen molar-refractivity contribution in [1.82, 2.24) is 10.6 Å². The van der Waals surface area contributed by atoms with Gasteiger partial charge >= 0.3 is 5.97 Å². The van der Waals surface area contributed by atoms with Crippen LogP contribution >= 0.6 is 11.3 Å². The molecule has 0 aliphatic carbocycles. The first-order valence-electron chi connectivity index (χ1n) is 7.56. The van der Waals surface area contributed by atoms with Crippen molar-refractivity contribution in [2.45, 2.75) is 26.4 Å². The summed E-state index contributed by atoms with van der Waals surface area (Å²) in [5.74, 6) is -0.0501. The van der Waals surface area contributed by atoms with Crippen LogP contribution in [0, 0.1) is 0 Å². The van der Waals surface area contributed by atoms with Crippen LogP contribution in [-0.2, 0) is 11.3 Å². The Morgan fingerprint density at radius 3 is 2.79 bits per heavy atom. The molecule has 0 radical (unpaired) electrons. The summed E-state index contributed by atoms with van der Waals surface area (Å²) in [4.78, 5) is 24.7. The van der Waals surface area contributed by atoms with Gasteiger partial charge in [-0.3, -0.25) is 4.79 Å². The summed E-state index contributed by atoms with van der Waals surface area (Å²) in [5, 5.41) is 6.08. The van der Waals surface area contributed by atoms with Crippen LogP contribution in [0.4, 0.5) is 5.00 Å². The average Bonchev–Trinajstić information content (AvgIpc) is 3.20. The number of nitrogen functional groups attached to an aromatic ring is 1. The highest BCUT2D eigenvalue weighted by Gasteiger charge is 2.26.